The van der Waals surface area contributed by atoms with Crippen LogP contribution in [0.4, 0.5) is 0 Å². The molecule has 1 amide bonds. The second kappa shape index (κ2) is 13.6. The summed E-state index contributed by atoms with van der Waals surface area (Å²) in [6.45, 7) is 8.89. The van der Waals surface area contributed by atoms with E-state index >= 15 is 0 Å². The summed E-state index contributed by atoms with van der Waals surface area (Å²) in [4.78, 5) is 19.3. The van der Waals surface area contributed by atoms with Crippen molar-refractivity contribution < 1.29 is 4.79 Å². The molecule has 0 aromatic rings. The Morgan fingerprint density at radius 2 is 1.85 bits per heavy atom. The Bertz CT molecular complexity index is 426. The summed E-state index contributed by atoms with van der Waals surface area (Å²) in [5.74, 6) is 0.985. The molecule has 2 fully saturated rings. The van der Waals surface area contributed by atoms with E-state index in [2.05, 4.69) is 34.7 Å². The molecule has 1 aliphatic heterocycles. The van der Waals surface area contributed by atoms with Gasteiger partial charge in [-0.05, 0) is 45.7 Å². The first-order valence-corrected chi connectivity index (χ1v) is 10.3. The molecule has 1 unspecified atom stereocenters. The zero-order chi connectivity index (χ0) is 17.9. The van der Waals surface area contributed by atoms with E-state index in [1.54, 1.807) is 0 Å². The van der Waals surface area contributed by atoms with Crippen molar-refractivity contribution in [1.82, 2.24) is 20.9 Å². The van der Waals surface area contributed by atoms with Crippen molar-refractivity contribution in [2.24, 2.45) is 4.99 Å². The van der Waals surface area contributed by atoms with Gasteiger partial charge >= 0.3 is 0 Å². The Morgan fingerprint density at radius 1 is 1.08 bits per heavy atom. The summed E-state index contributed by atoms with van der Waals surface area (Å²) in [5.41, 5.74) is 0. The lowest BCUT2D eigenvalue weighted by Gasteiger charge is -2.23. The second-order valence-corrected chi connectivity index (χ2v) is 7.22. The first kappa shape index (κ1) is 23.5. The predicted molar refractivity (Wildman–Crippen MR) is 119 cm³/mol. The fourth-order valence-corrected chi connectivity index (χ4v) is 3.90. The van der Waals surface area contributed by atoms with Crippen LogP contribution in [0, 0.1) is 0 Å². The molecular formula is C19H38IN5O. The first-order valence-electron chi connectivity index (χ1n) is 10.3. The molecule has 2 aliphatic rings. The summed E-state index contributed by atoms with van der Waals surface area (Å²) >= 11 is 0. The Morgan fingerprint density at radius 3 is 2.54 bits per heavy atom. The number of carbonyl (C=O) groups is 1. The van der Waals surface area contributed by atoms with Gasteiger partial charge in [-0.15, -0.1) is 24.0 Å². The van der Waals surface area contributed by atoms with E-state index in [4.69, 9.17) is 4.99 Å². The maximum absolute atomic E-state index is 12.1. The molecule has 6 nitrogen and oxygen atoms in total. The number of hydrogen-bond acceptors (Lipinski definition) is 3. The van der Waals surface area contributed by atoms with Crippen LogP contribution in [0.3, 0.4) is 0 Å². The molecule has 7 heteroatoms. The minimum atomic E-state index is 0. The van der Waals surface area contributed by atoms with Crippen LogP contribution in [0.5, 0.6) is 0 Å². The molecule has 1 heterocycles. The molecule has 1 saturated carbocycles. The number of rotatable bonds is 8. The van der Waals surface area contributed by atoms with Crippen LogP contribution in [-0.2, 0) is 4.79 Å². The van der Waals surface area contributed by atoms with Crippen molar-refractivity contribution in [2.75, 3.05) is 32.7 Å². The number of carbonyl (C=O) groups excluding carboxylic acids is 1. The highest BCUT2D eigenvalue weighted by Crippen LogP contribution is 2.17. The fourth-order valence-electron chi connectivity index (χ4n) is 3.90. The Balaban J connectivity index is 0.00000338. The minimum Gasteiger partial charge on any atom is -0.357 e. The highest BCUT2D eigenvalue weighted by molar-refractivity contribution is 14.0. The van der Waals surface area contributed by atoms with Gasteiger partial charge in [-0.2, -0.15) is 0 Å². The number of amides is 1. The summed E-state index contributed by atoms with van der Waals surface area (Å²) < 4.78 is 0. The normalized spacial score (nSPS) is 21.9. The SMILES string of the molecule is CCNC(=NCC1CCCN1CC)NCCC(=O)NC1CCCCC1.I. The lowest BCUT2D eigenvalue weighted by Crippen LogP contribution is -2.42. The number of nitrogens with zero attached hydrogens (tertiary/aromatic N) is 2. The fraction of sp³-hybridized carbons (Fsp3) is 0.895. The highest BCUT2D eigenvalue weighted by atomic mass is 127. The van der Waals surface area contributed by atoms with E-state index in [-0.39, 0.29) is 29.9 Å². The number of guanidine groups is 1. The van der Waals surface area contributed by atoms with Crippen LogP contribution in [-0.4, -0.2) is 61.6 Å². The Labute approximate surface area is 176 Å². The number of likely N-dealkylation sites (tertiary alicyclic amines) is 1. The molecule has 26 heavy (non-hydrogen) atoms. The lowest BCUT2D eigenvalue weighted by molar-refractivity contribution is -0.121. The van der Waals surface area contributed by atoms with Crippen molar-refractivity contribution in [3.8, 4) is 0 Å². The molecule has 1 atom stereocenters. The van der Waals surface area contributed by atoms with E-state index in [0.717, 1.165) is 38.4 Å². The van der Waals surface area contributed by atoms with Crippen LogP contribution in [0.2, 0.25) is 0 Å². The summed E-state index contributed by atoms with van der Waals surface area (Å²) in [6.07, 6.45) is 9.10. The van der Waals surface area contributed by atoms with Crippen molar-refractivity contribution in [2.45, 2.75) is 77.3 Å². The summed E-state index contributed by atoms with van der Waals surface area (Å²) in [7, 11) is 0. The maximum atomic E-state index is 12.1. The van der Waals surface area contributed by atoms with Gasteiger partial charge in [0, 0.05) is 31.6 Å². The molecule has 1 aliphatic carbocycles. The van der Waals surface area contributed by atoms with Gasteiger partial charge in [-0.3, -0.25) is 14.7 Å². The number of aliphatic imine (C=N–C) groups is 1. The first-order chi connectivity index (χ1) is 12.2. The zero-order valence-electron chi connectivity index (χ0n) is 16.6. The van der Waals surface area contributed by atoms with Crippen molar-refractivity contribution in [3.63, 3.8) is 0 Å². The molecule has 0 aromatic heterocycles. The summed E-state index contributed by atoms with van der Waals surface area (Å²) in [5, 5.41) is 9.76. The molecule has 152 valence electrons. The van der Waals surface area contributed by atoms with Crippen LogP contribution in [0.15, 0.2) is 4.99 Å². The average Bonchev–Trinajstić information content (AvgIpc) is 3.08. The van der Waals surface area contributed by atoms with Gasteiger partial charge in [0.25, 0.3) is 0 Å². The number of likely N-dealkylation sites (N-methyl/N-ethyl adjacent to an activating group) is 1. The molecular weight excluding hydrogens is 441 g/mol. The topological polar surface area (TPSA) is 68.8 Å². The standard InChI is InChI=1S/C19H37N5O.HI/c1-3-20-19(22-15-17-11-8-14-24(17)4-2)21-13-12-18(25)23-16-9-6-5-7-10-16;/h16-17H,3-15H2,1-2H3,(H,23,25)(H2,20,21,22);1H. The van der Waals surface area contributed by atoms with Gasteiger partial charge in [0.05, 0.1) is 6.54 Å². The van der Waals surface area contributed by atoms with Crippen LogP contribution >= 0.6 is 24.0 Å². The number of nitrogens with one attached hydrogen (secondary N) is 3. The largest absolute Gasteiger partial charge is 0.357 e. The smallest absolute Gasteiger partial charge is 0.221 e. The third-order valence-electron chi connectivity index (χ3n) is 5.32. The van der Waals surface area contributed by atoms with Crippen molar-refractivity contribution in [1.29, 1.82) is 0 Å². The number of hydrogen-bond donors (Lipinski definition) is 3. The third-order valence-corrected chi connectivity index (χ3v) is 5.32. The van der Waals surface area contributed by atoms with Gasteiger partial charge < -0.3 is 16.0 Å². The molecule has 0 radical (unpaired) electrons. The van der Waals surface area contributed by atoms with Crippen LogP contribution in [0.25, 0.3) is 0 Å². The van der Waals surface area contributed by atoms with E-state index in [0.29, 0.717) is 25.0 Å². The van der Waals surface area contributed by atoms with Crippen molar-refractivity contribution in [3.05, 3.63) is 0 Å². The maximum Gasteiger partial charge on any atom is 0.221 e. The Hall–Kier alpha value is -0.570. The van der Waals surface area contributed by atoms with E-state index in [1.165, 1.54) is 38.6 Å². The quantitative estimate of drug-likeness (QED) is 0.284. The molecule has 1 saturated heterocycles. The van der Waals surface area contributed by atoms with Crippen molar-refractivity contribution >= 4 is 35.8 Å². The average molecular weight is 479 g/mol. The predicted octanol–water partition coefficient (Wildman–Crippen LogP) is 2.48. The lowest BCUT2D eigenvalue weighted by atomic mass is 9.95. The molecule has 0 bridgehead atoms. The molecule has 3 N–H and O–H groups in total. The highest BCUT2D eigenvalue weighted by Gasteiger charge is 2.22. The second-order valence-electron chi connectivity index (χ2n) is 7.22. The molecule has 0 spiro atoms. The molecule has 0 aromatic carbocycles. The van der Waals surface area contributed by atoms with Gasteiger partial charge in [-0.1, -0.05) is 26.2 Å². The van der Waals surface area contributed by atoms with Gasteiger partial charge in [0.2, 0.25) is 5.91 Å². The van der Waals surface area contributed by atoms with Gasteiger partial charge in [0.15, 0.2) is 5.96 Å². The summed E-state index contributed by atoms with van der Waals surface area (Å²) in [6, 6.07) is 0.959. The van der Waals surface area contributed by atoms with Gasteiger partial charge in [-0.25, -0.2) is 0 Å². The monoisotopic (exact) mass is 479 g/mol. The van der Waals surface area contributed by atoms with E-state index in [9.17, 15) is 4.79 Å². The third kappa shape index (κ3) is 8.41. The Kier molecular flexibility index (Phi) is 12.3. The molecule has 2 rings (SSSR count). The van der Waals surface area contributed by atoms with Gasteiger partial charge in [0.1, 0.15) is 0 Å². The van der Waals surface area contributed by atoms with Crippen LogP contribution in [0.1, 0.15) is 65.2 Å². The zero-order valence-corrected chi connectivity index (χ0v) is 18.9. The van der Waals surface area contributed by atoms with Crippen LogP contribution < -0.4 is 16.0 Å². The van der Waals surface area contributed by atoms with E-state index in [1.807, 2.05) is 0 Å². The van der Waals surface area contributed by atoms with E-state index < -0.39 is 0 Å². The number of halogens is 1. The minimum absolute atomic E-state index is 0.